The molecule has 5 nitrogen and oxygen atoms in total. The van der Waals surface area contributed by atoms with Crippen molar-refractivity contribution in [2.75, 3.05) is 7.11 Å². The van der Waals surface area contributed by atoms with Gasteiger partial charge in [0, 0.05) is 11.0 Å². The Kier molecular flexibility index (Phi) is 3.72. The third-order valence-electron chi connectivity index (χ3n) is 3.08. The van der Waals surface area contributed by atoms with Gasteiger partial charge in [-0.1, -0.05) is 0 Å². The SMILES string of the molecule is COc1ccc(Sc2c(=O)[nH]c3ccc(F)cc3[n+]2[O-])cc1. The van der Waals surface area contributed by atoms with Crippen molar-refractivity contribution in [3.05, 3.63) is 63.8 Å². The number of aromatic amines is 1. The first-order valence-electron chi connectivity index (χ1n) is 6.35. The molecule has 1 heterocycles. The van der Waals surface area contributed by atoms with Crippen molar-refractivity contribution in [3.63, 3.8) is 0 Å². The predicted octanol–water partition coefficient (Wildman–Crippen LogP) is 2.46. The molecule has 0 spiro atoms. The van der Waals surface area contributed by atoms with E-state index in [4.69, 9.17) is 4.74 Å². The van der Waals surface area contributed by atoms with Crippen LogP contribution in [0.25, 0.3) is 11.0 Å². The highest BCUT2D eigenvalue weighted by Crippen LogP contribution is 2.25. The lowest BCUT2D eigenvalue weighted by Gasteiger charge is -2.07. The van der Waals surface area contributed by atoms with Gasteiger partial charge in [-0.05, 0) is 48.2 Å². The Hall–Kier alpha value is -2.54. The standard InChI is InChI=1S/C15H11FN2O3S/c1-21-10-3-5-11(6-4-10)22-15-14(19)17-12-7-2-9(16)8-13(12)18(15)20/h2-8H,1H3,(H,17,19). The lowest BCUT2D eigenvalue weighted by molar-refractivity contribution is -0.620. The average Bonchev–Trinajstić information content (AvgIpc) is 2.53. The zero-order valence-corrected chi connectivity index (χ0v) is 12.3. The number of rotatable bonds is 3. The molecule has 0 saturated heterocycles. The Morgan fingerprint density at radius 1 is 1.23 bits per heavy atom. The van der Waals surface area contributed by atoms with Gasteiger partial charge in [-0.3, -0.25) is 4.79 Å². The highest BCUT2D eigenvalue weighted by molar-refractivity contribution is 7.99. The molecule has 2 aromatic carbocycles. The summed E-state index contributed by atoms with van der Waals surface area (Å²) in [4.78, 5) is 15.3. The second kappa shape index (κ2) is 5.69. The number of aromatic nitrogens is 2. The second-order valence-corrected chi connectivity index (χ2v) is 5.55. The van der Waals surface area contributed by atoms with Crippen LogP contribution < -0.4 is 15.0 Å². The molecule has 3 rings (SSSR count). The van der Waals surface area contributed by atoms with Crippen LogP contribution in [0.2, 0.25) is 0 Å². The molecule has 0 unspecified atom stereocenters. The van der Waals surface area contributed by atoms with E-state index in [0.717, 1.165) is 17.8 Å². The van der Waals surface area contributed by atoms with Gasteiger partial charge in [0.25, 0.3) is 0 Å². The van der Waals surface area contributed by atoms with Gasteiger partial charge in [0.1, 0.15) is 17.1 Å². The zero-order valence-electron chi connectivity index (χ0n) is 11.5. The lowest BCUT2D eigenvalue weighted by atomic mass is 10.3. The molecular weight excluding hydrogens is 307 g/mol. The summed E-state index contributed by atoms with van der Waals surface area (Å²) in [5, 5.41) is 12.2. The van der Waals surface area contributed by atoms with Gasteiger partial charge >= 0.3 is 10.6 Å². The predicted molar refractivity (Wildman–Crippen MR) is 80.6 cm³/mol. The Bertz CT molecular complexity index is 894. The van der Waals surface area contributed by atoms with E-state index < -0.39 is 11.4 Å². The fourth-order valence-corrected chi connectivity index (χ4v) is 2.82. The molecule has 0 amide bonds. The minimum absolute atomic E-state index is 0.0664. The van der Waals surface area contributed by atoms with Crippen molar-refractivity contribution in [1.82, 2.24) is 4.98 Å². The van der Waals surface area contributed by atoms with Crippen molar-refractivity contribution in [2.45, 2.75) is 9.92 Å². The number of nitrogens with one attached hydrogen (secondary N) is 1. The topological polar surface area (TPSA) is 69.0 Å². The smallest absolute Gasteiger partial charge is 0.329 e. The summed E-state index contributed by atoms with van der Waals surface area (Å²) in [5.74, 6) is 0.137. The van der Waals surface area contributed by atoms with E-state index >= 15 is 0 Å². The summed E-state index contributed by atoms with van der Waals surface area (Å²) in [6.07, 6.45) is 0. The van der Waals surface area contributed by atoms with Crippen molar-refractivity contribution < 1.29 is 13.9 Å². The normalized spacial score (nSPS) is 10.8. The number of methoxy groups -OCH3 is 1. The van der Waals surface area contributed by atoms with Gasteiger partial charge in [-0.15, -0.1) is 0 Å². The molecule has 0 aliphatic carbocycles. The van der Waals surface area contributed by atoms with Crippen LogP contribution in [0.4, 0.5) is 4.39 Å². The Morgan fingerprint density at radius 3 is 2.64 bits per heavy atom. The molecule has 1 N–H and O–H groups in total. The van der Waals surface area contributed by atoms with Gasteiger partial charge in [0.15, 0.2) is 0 Å². The van der Waals surface area contributed by atoms with E-state index in [9.17, 15) is 14.4 Å². The van der Waals surface area contributed by atoms with E-state index in [1.165, 1.54) is 12.1 Å². The van der Waals surface area contributed by atoms with Crippen molar-refractivity contribution in [1.29, 1.82) is 0 Å². The number of hydrogen-bond donors (Lipinski definition) is 1. The first-order chi connectivity index (χ1) is 10.6. The molecule has 0 fully saturated rings. The van der Waals surface area contributed by atoms with E-state index in [1.807, 2.05) is 0 Å². The van der Waals surface area contributed by atoms with Gasteiger partial charge < -0.3 is 14.9 Å². The fraction of sp³-hybridized carbons (Fsp3) is 0.0667. The molecule has 22 heavy (non-hydrogen) atoms. The summed E-state index contributed by atoms with van der Waals surface area (Å²) in [5.41, 5.74) is -0.147. The molecule has 0 aliphatic rings. The van der Waals surface area contributed by atoms with Gasteiger partial charge in [-0.2, -0.15) is 4.73 Å². The van der Waals surface area contributed by atoms with Crippen molar-refractivity contribution >= 4 is 22.8 Å². The maximum atomic E-state index is 13.3. The van der Waals surface area contributed by atoms with Crippen LogP contribution in [0.1, 0.15) is 0 Å². The monoisotopic (exact) mass is 318 g/mol. The van der Waals surface area contributed by atoms with Crippen LogP contribution in [0.3, 0.4) is 0 Å². The summed E-state index contributed by atoms with van der Waals surface area (Å²) in [7, 11) is 1.55. The fourth-order valence-electron chi connectivity index (χ4n) is 2.00. The van der Waals surface area contributed by atoms with E-state index in [1.54, 1.807) is 31.4 Å². The minimum atomic E-state index is -0.537. The van der Waals surface area contributed by atoms with Crippen molar-refractivity contribution in [3.8, 4) is 5.75 Å². The number of benzene rings is 2. The molecular formula is C15H11FN2O3S. The molecule has 3 aromatic rings. The summed E-state index contributed by atoms with van der Waals surface area (Å²) in [6, 6.07) is 10.6. The highest BCUT2D eigenvalue weighted by atomic mass is 32.2. The molecule has 0 atom stereocenters. The number of nitrogens with zero attached hydrogens (tertiary/aromatic N) is 1. The second-order valence-electron chi connectivity index (χ2n) is 4.49. The molecule has 0 radical (unpaired) electrons. The van der Waals surface area contributed by atoms with E-state index in [2.05, 4.69) is 4.98 Å². The number of ether oxygens (including phenoxy) is 1. The third-order valence-corrected chi connectivity index (χ3v) is 4.13. The van der Waals surface area contributed by atoms with Crippen LogP contribution in [0.5, 0.6) is 5.75 Å². The largest absolute Gasteiger partial charge is 0.617 e. The molecule has 0 bridgehead atoms. The summed E-state index contributed by atoms with van der Waals surface area (Å²) < 4.78 is 18.8. The van der Waals surface area contributed by atoms with E-state index in [0.29, 0.717) is 20.9 Å². The van der Waals surface area contributed by atoms with Crippen LogP contribution in [-0.2, 0) is 0 Å². The van der Waals surface area contributed by atoms with Crippen molar-refractivity contribution in [2.24, 2.45) is 0 Å². The lowest BCUT2D eigenvalue weighted by Crippen LogP contribution is -2.37. The number of hydrogen-bond acceptors (Lipinski definition) is 4. The van der Waals surface area contributed by atoms with Crippen LogP contribution in [-0.4, -0.2) is 12.1 Å². The number of H-pyrrole nitrogens is 1. The van der Waals surface area contributed by atoms with Gasteiger partial charge in [0.05, 0.1) is 7.11 Å². The summed E-state index contributed by atoms with van der Waals surface area (Å²) >= 11 is 1.01. The van der Waals surface area contributed by atoms with Crippen LogP contribution in [0, 0.1) is 11.0 Å². The number of fused-ring (bicyclic) bond motifs is 1. The van der Waals surface area contributed by atoms with Gasteiger partial charge in [0.2, 0.25) is 5.52 Å². The Morgan fingerprint density at radius 2 is 1.95 bits per heavy atom. The maximum Gasteiger partial charge on any atom is 0.329 e. The zero-order chi connectivity index (χ0) is 15.7. The maximum absolute atomic E-state index is 13.3. The average molecular weight is 318 g/mol. The molecule has 1 aromatic heterocycles. The van der Waals surface area contributed by atoms with E-state index in [-0.39, 0.29) is 10.5 Å². The van der Waals surface area contributed by atoms with Crippen LogP contribution in [0.15, 0.2) is 57.2 Å². The molecule has 0 aliphatic heterocycles. The Balaban J connectivity index is 2.07. The Labute approximate surface area is 128 Å². The molecule has 112 valence electrons. The first kappa shape index (κ1) is 14.4. The first-order valence-corrected chi connectivity index (χ1v) is 7.17. The molecule has 0 saturated carbocycles. The minimum Gasteiger partial charge on any atom is -0.617 e. The molecule has 7 heteroatoms. The number of halogens is 1. The van der Waals surface area contributed by atoms with Gasteiger partial charge in [-0.25, -0.2) is 4.39 Å². The van der Waals surface area contributed by atoms with Crippen LogP contribution >= 0.6 is 11.8 Å². The highest BCUT2D eigenvalue weighted by Gasteiger charge is 2.18. The summed E-state index contributed by atoms with van der Waals surface area (Å²) in [6.45, 7) is 0. The quantitative estimate of drug-likeness (QED) is 0.595. The third kappa shape index (κ3) is 2.62.